The van der Waals surface area contributed by atoms with Crippen LogP contribution in [-0.2, 0) is 4.79 Å². The molecule has 0 aliphatic heterocycles. The van der Waals surface area contributed by atoms with Crippen LogP contribution in [0.25, 0.3) is 0 Å². The fraction of sp³-hybridized carbons (Fsp3) is 0.429. The van der Waals surface area contributed by atoms with Crippen molar-refractivity contribution in [3.05, 3.63) is 11.3 Å². The number of rotatable bonds is 2. The molecule has 3 nitrogen and oxygen atoms in total. The molecule has 54 valence electrons. The van der Waals surface area contributed by atoms with Crippen molar-refractivity contribution in [3.8, 4) is 6.07 Å². The van der Waals surface area contributed by atoms with Crippen LogP contribution in [0.3, 0.4) is 0 Å². The van der Waals surface area contributed by atoms with E-state index in [-0.39, 0.29) is 11.4 Å². The van der Waals surface area contributed by atoms with Gasteiger partial charge in [0, 0.05) is 12.7 Å². The summed E-state index contributed by atoms with van der Waals surface area (Å²) in [5.74, 6) is -0.200. The zero-order valence-corrected chi connectivity index (χ0v) is 6.36. The first kappa shape index (κ1) is 8.70. The summed E-state index contributed by atoms with van der Waals surface area (Å²) in [6.45, 7) is 3.07. The van der Waals surface area contributed by atoms with Crippen LogP contribution in [0.1, 0.15) is 13.8 Å². The fourth-order valence-corrected chi connectivity index (χ4v) is 0.552. The average molecular weight is 138 g/mol. The number of allylic oxidation sites excluding steroid dienone is 2. The number of carbonyl (C=O) groups excluding carboxylic acids is 1. The number of Topliss-reactive ketones (excluding diaryl/α,β-unsaturated/α-hetero) is 1. The van der Waals surface area contributed by atoms with Gasteiger partial charge in [0.05, 0.1) is 0 Å². The first-order valence-electron chi connectivity index (χ1n) is 2.93. The third kappa shape index (κ3) is 1.90. The largest absolute Gasteiger partial charge is 0.390 e. The van der Waals surface area contributed by atoms with Crippen molar-refractivity contribution in [2.24, 2.45) is 0 Å². The van der Waals surface area contributed by atoms with E-state index in [1.807, 2.05) is 6.07 Å². The Morgan fingerprint density at radius 1 is 1.50 bits per heavy atom. The zero-order chi connectivity index (χ0) is 8.15. The van der Waals surface area contributed by atoms with Crippen molar-refractivity contribution in [1.82, 2.24) is 5.32 Å². The van der Waals surface area contributed by atoms with Gasteiger partial charge in [-0.2, -0.15) is 5.26 Å². The van der Waals surface area contributed by atoms with Gasteiger partial charge < -0.3 is 5.32 Å². The lowest BCUT2D eigenvalue weighted by atomic mass is 10.2. The van der Waals surface area contributed by atoms with Crippen molar-refractivity contribution in [2.45, 2.75) is 13.8 Å². The van der Waals surface area contributed by atoms with Crippen LogP contribution in [-0.4, -0.2) is 12.8 Å². The summed E-state index contributed by atoms with van der Waals surface area (Å²) >= 11 is 0. The van der Waals surface area contributed by atoms with E-state index in [0.29, 0.717) is 5.70 Å². The summed E-state index contributed by atoms with van der Waals surface area (Å²) < 4.78 is 0. The van der Waals surface area contributed by atoms with Gasteiger partial charge in [-0.1, -0.05) is 0 Å². The maximum Gasteiger partial charge on any atom is 0.172 e. The lowest BCUT2D eigenvalue weighted by molar-refractivity contribution is -0.113. The number of nitrogens with zero attached hydrogens (tertiary/aromatic N) is 1. The van der Waals surface area contributed by atoms with E-state index < -0.39 is 0 Å². The van der Waals surface area contributed by atoms with Crippen molar-refractivity contribution >= 4 is 5.78 Å². The highest BCUT2D eigenvalue weighted by Crippen LogP contribution is 1.99. The lowest BCUT2D eigenvalue weighted by Gasteiger charge is -1.99. The standard InChI is InChI=1S/C7H10N2O/c1-5(9-3)7(4-8)6(2)10/h9H,1-3H3. The summed E-state index contributed by atoms with van der Waals surface area (Å²) in [6, 6.07) is 1.82. The van der Waals surface area contributed by atoms with Crippen molar-refractivity contribution in [2.75, 3.05) is 7.05 Å². The third-order valence-electron chi connectivity index (χ3n) is 1.21. The molecule has 0 saturated heterocycles. The summed E-state index contributed by atoms with van der Waals surface area (Å²) in [4.78, 5) is 10.7. The minimum absolute atomic E-state index is 0.197. The first-order chi connectivity index (χ1) is 4.63. The van der Waals surface area contributed by atoms with Gasteiger partial charge in [0.15, 0.2) is 5.78 Å². The summed E-state index contributed by atoms with van der Waals surface area (Å²) in [6.07, 6.45) is 0. The molecule has 0 aromatic heterocycles. The van der Waals surface area contributed by atoms with Gasteiger partial charge in [0.2, 0.25) is 0 Å². The molecule has 0 atom stereocenters. The summed E-state index contributed by atoms with van der Waals surface area (Å²) in [5.41, 5.74) is 0.817. The van der Waals surface area contributed by atoms with E-state index in [1.54, 1.807) is 14.0 Å². The highest BCUT2D eigenvalue weighted by Gasteiger charge is 2.04. The van der Waals surface area contributed by atoms with Crippen LogP contribution in [0.5, 0.6) is 0 Å². The molecule has 0 saturated carbocycles. The molecule has 10 heavy (non-hydrogen) atoms. The van der Waals surface area contributed by atoms with E-state index in [0.717, 1.165) is 0 Å². The van der Waals surface area contributed by atoms with E-state index in [2.05, 4.69) is 5.32 Å². The monoisotopic (exact) mass is 138 g/mol. The van der Waals surface area contributed by atoms with Crippen molar-refractivity contribution in [1.29, 1.82) is 5.26 Å². The molecule has 0 aromatic carbocycles. The molecule has 0 bridgehead atoms. The molecule has 0 unspecified atom stereocenters. The van der Waals surface area contributed by atoms with Crippen LogP contribution in [0.15, 0.2) is 11.3 Å². The predicted octanol–water partition coefficient (Wildman–Crippen LogP) is 0.592. The van der Waals surface area contributed by atoms with Crippen molar-refractivity contribution < 1.29 is 4.79 Å². The smallest absolute Gasteiger partial charge is 0.172 e. The second kappa shape index (κ2) is 3.67. The summed E-state index contributed by atoms with van der Waals surface area (Å²) in [5, 5.41) is 11.2. The van der Waals surface area contributed by atoms with Crippen LogP contribution < -0.4 is 5.32 Å². The SMILES string of the molecule is CNC(C)=C(C#N)C(C)=O. The molecule has 0 spiro atoms. The Balaban J connectivity index is 4.68. The van der Waals surface area contributed by atoms with Gasteiger partial charge in [-0.05, 0) is 13.8 Å². The number of hydrogen-bond donors (Lipinski definition) is 1. The Hall–Kier alpha value is -1.30. The molecule has 1 N–H and O–H groups in total. The highest BCUT2D eigenvalue weighted by molar-refractivity contribution is 5.97. The van der Waals surface area contributed by atoms with E-state index in [1.165, 1.54) is 6.92 Å². The van der Waals surface area contributed by atoms with Crippen molar-refractivity contribution in [3.63, 3.8) is 0 Å². The molecule has 0 amide bonds. The molecule has 0 heterocycles. The van der Waals surface area contributed by atoms with Crippen LogP contribution in [0.2, 0.25) is 0 Å². The van der Waals surface area contributed by atoms with Gasteiger partial charge >= 0.3 is 0 Å². The molecular formula is C7H10N2O. The normalized spacial score (nSPS) is 11.4. The molecule has 3 heteroatoms. The number of ketones is 1. The van der Waals surface area contributed by atoms with Crippen LogP contribution in [0.4, 0.5) is 0 Å². The van der Waals surface area contributed by atoms with Crippen LogP contribution >= 0.6 is 0 Å². The molecule has 0 aromatic rings. The highest BCUT2D eigenvalue weighted by atomic mass is 16.1. The first-order valence-corrected chi connectivity index (χ1v) is 2.93. The van der Waals surface area contributed by atoms with Crippen LogP contribution in [0, 0.1) is 11.3 Å². The molecule has 0 aliphatic rings. The molecule has 0 fully saturated rings. The van der Waals surface area contributed by atoms with Gasteiger partial charge in [-0.3, -0.25) is 4.79 Å². The Morgan fingerprint density at radius 3 is 2.10 bits per heavy atom. The van der Waals surface area contributed by atoms with E-state index in [9.17, 15) is 4.79 Å². The quantitative estimate of drug-likeness (QED) is 0.449. The summed E-state index contributed by atoms with van der Waals surface area (Å²) in [7, 11) is 1.68. The lowest BCUT2D eigenvalue weighted by Crippen LogP contribution is -2.09. The molecule has 0 aliphatic carbocycles. The molecule has 0 rings (SSSR count). The minimum Gasteiger partial charge on any atom is -0.390 e. The van der Waals surface area contributed by atoms with E-state index >= 15 is 0 Å². The Morgan fingerprint density at radius 2 is 2.00 bits per heavy atom. The topological polar surface area (TPSA) is 52.9 Å². The zero-order valence-electron chi connectivity index (χ0n) is 6.36. The third-order valence-corrected chi connectivity index (χ3v) is 1.21. The Kier molecular flexibility index (Phi) is 3.20. The minimum atomic E-state index is -0.200. The number of nitrogens with one attached hydrogen (secondary N) is 1. The van der Waals surface area contributed by atoms with Gasteiger partial charge in [0.1, 0.15) is 11.6 Å². The van der Waals surface area contributed by atoms with Gasteiger partial charge in [-0.15, -0.1) is 0 Å². The number of hydrogen-bond acceptors (Lipinski definition) is 3. The predicted molar refractivity (Wildman–Crippen MR) is 38.1 cm³/mol. The fourth-order valence-electron chi connectivity index (χ4n) is 0.552. The van der Waals surface area contributed by atoms with Gasteiger partial charge in [-0.25, -0.2) is 0 Å². The maximum atomic E-state index is 10.7. The van der Waals surface area contributed by atoms with E-state index in [4.69, 9.17) is 5.26 Å². The second-order valence-corrected chi connectivity index (χ2v) is 1.92. The Bertz CT molecular complexity index is 210. The molecular weight excluding hydrogens is 128 g/mol. The molecule has 0 radical (unpaired) electrons. The maximum absolute atomic E-state index is 10.7. The number of carbonyl (C=O) groups is 1. The number of nitriles is 1. The average Bonchev–Trinajstić information content (AvgIpc) is 1.88. The van der Waals surface area contributed by atoms with Gasteiger partial charge in [0.25, 0.3) is 0 Å². The Labute approximate surface area is 60.3 Å². The second-order valence-electron chi connectivity index (χ2n) is 1.92.